The van der Waals surface area contributed by atoms with E-state index in [2.05, 4.69) is 16.7 Å². The summed E-state index contributed by atoms with van der Waals surface area (Å²) in [5.41, 5.74) is 5.12. The molecule has 4 nitrogen and oxygen atoms in total. The largest absolute Gasteiger partial charge is 0.423 e. The summed E-state index contributed by atoms with van der Waals surface area (Å²) < 4.78 is 5.26. The van der Waals surface area contributed by atoms with Gasteiger partial charge in [-0.05, 0) is 73.9 Å². The number of fused-ring (bicyclic) bond motifs is 1. The van der Waals surface area contributed by atoms with Gasteiger partial charge in [-0.2, -0.15) is 0 Å². The Bertz CT molecular complexity index is 972. The predicted octanol–water partition coefficient (Wildman–Crippen LogP) is 4.53. The first-order chi connectivity index (χ1) is 11.4. The van der Waals surface area contributed by atoms with Crippen LogP contribution < -0.4 is 16.3 Å². The Morgan fingerprint density at radius 3 is 2.29 bits per heavy atom. The fourth-order valence-electron chi connectivity index (χ4n) is 2.74. The number of benzene rings is 2. The second kappa shape index (κ2) is 6.45. The lowest BCUT2D eigenvalue weighted by Gasteiger charge is -2.12. The van der Waals surface area contributed by atoms with Crippen LogP contribution in [0.15, 0.2) is 51.7 Å². The van der Waals surface area contributed by atoms with Crippen molar-refractivity contribution < 1.29 is 4.42 Å². The lowest BCUT2D eigenvalue weighted by atomic mass is 10.1. The highest BCUT2D eigenvalue weighted by atomic mass is 32.1. The minimum Gasteiger partial charge on any atom is -0.423 e. The Labute approximate surface area is 145 Å². The lowest BCUT2D eigenvalue weighted by Crippen LogP contribution is -2.19. The summed E-state index contributed by atoms with van der Waals surface area (Å²) in [4.78, 5) is 11.5. The highest BCUT2D eigenvalue weighted by Crippen LogP contribution is 2.21. The molecule has 2 aromatic carbocycles. The van der Waals surface area contributed by atoms with Gasteiger partial charge in [0.15, 0.2) is 5.11 Å². The van der Waals surface area contributed by atoms with Crippen molar-refractivity contribution in [3.8, 4) is 0 Å². The number of thiocarbonyl (C=S) groups is 1. The molecule has 0 aliphatic heterocycles. The molecule has 24 heavy (non-hydrogen) atoms. The molecular weight excluding hydrogens is 320 g/mol. The summed E-state index contributed by atoms with van der Waals surface area (Å²) in [7, 11) is 0. The molecule has 1 aromatic heterocycles. The monoisotopic (exact) mass is 338 g/mol. The second-order valence-electron chi connectivity index (χ2n) is 5.91. The van der Waals surface area contributed by atoms with Gasteiger partial charge < -0.3 is 15.1 Å². The topological polar surface area (TPSA) is 54.3 Å². The molecule has 0 atom stereocenters. The maximum Gasteiger partial charge on any atom is 0.336 e. The molecule has 1 heterocycles. The smallest absolute Gasteiger partial charge is 0.336 e. The number of aryl methyl sites for hydroxylation is 3. The first kappa shape index (κ1) is 16.2. The van der Waals surface area contributed by atoms with Crippen LogP contribution in [0.25, 0.3) is 11.0 Å². The Hall–Kier alpha value is -2.66. The van der Waals surface area contributed by atoms with Crippen LogP contribution in [0.4, 0.5) is 11.4 Å². The van der Waals surface area contributed by atoms with Gasteiger partial charge in [-0.1, -0.05) is 6.07 Å². The third-order valence-corrected chi connectivity index (χ3v) is 3.89. The predicted molar refractivity (Wildman–Crippen MR) is 103 cm³/mol. The Kier molecular flexibility index (Phi) is 4.36. The van der Waals surface area contributed by atoms with Crippen LogP contribution in [-0.4, -0.2) is 5.11 Å². The summed E-state index contributed by atoms with van der Waals surface area (Å²) in [6, 6.07) is 13.3. The van der Waals surface area contributed by atoms with Crippen LogP contribution in [0, 0.1) is 20.8 Å². The van der Waals surface area contributed by atoms with Crippen molar-refractivity contribution in [1.29, 1.82) is 0 Å². The molecule has 5 heteroatoms. The first-order valence-corrected chi connectivity index (χ1v) is 8.02. The number of hydrogen-bond donors (Lipinski definition) is 2. The van der Waals surface area contributed by atoms with E-state index in [1.165, 1.54) is 17.2 Å². The maximum atomic E-state index is 11.5. The molecule has 122 valence electrons. The zero-order valence-electron chi connectivity index (χ0n) is 13.8. The van der Waals surface area contributed by atoms with Crippen LogP contribution in [-0.2, 0) is 0 Å². The molecular formula is C19H18N2O2S. The van der Waals surface area contributed by atoms with Crippen LogP contribution in [0.2, 0.25) is 0 Å². The molecule has 0 spiro atoms. The maximum absolute atomic E-state index is 11.5. The molecule has 0 saturated carbocycles. The standard InChI is InChI=1S/C19H18N2O2S/c1-11-6-12(2)8-15(7-11)21-19(24)20-14-4-5-16-13(3)9-18(22)23-17(16)10-14/h4-10H,1-3H3,(H2,20,21,24). The van der Waals surface area contributed by atoms with Crippen molar-refractivity contribution >= 4 is 39.7 Å². The van der Waals surface area contributed by atoms with Gasteiger partial charge in [0.1, 0.15) is 5.58 Å². The van der Waals surface area contributed by atoms with E-state index in [0.29, 0.717) is 10.7 Å². The molecule has 3 aromatic rings. The van der Waals surface area contributed by atoms with Crippen molar-refractivity contribution in [3.63, 3.8) is 0 Å². The third kappa shape index (κ3) is 3.63. The third-order valence-electron chi connectivity index (χ3n) is 3.69. The van der Waals surface area contributed by atoms with Gasteiger partial charge in [-0.25, -0.2) is 4.79 Å². The quantitative estimate of drug-likeness (QED) is 0.531. The van der Waals surface area contributed by atoms with Gasteiger partial charge in [0.05, 0.1) is 0 Å². The Morgan fingerprint density at radius 2 is 1.58 bits per heavy atom. The molecule has 0 radical (unpaired) electrons. The van der Waals surface area contributed by atoms with Gasteiger partial charge >= 0.3 is 5.63 Å². The van der Waals surface area contributed by atoms with Crippen LogP contribution in [0.5, 0.6) is 0 Å². The zero-order chi connectivity index (χ0) is 17.3. The second-order valence-corrected chi connectivity index (χ2v) is 6.32. The molecule has 0 aliphatic carbocycles. The van der Waals surface area contributed by atoms with Crippen molar-refractivity contribution in [1.82, 2.24) is 0 Å². The number of nitrogens with one attached hydrogen (secondary N) is 2. The van der Waals surface area contributed by atoms with Crippen molar-refractivity contribution in [2.24, 2.45) is 0 Å². The van der Waals surface area contributed by atoms with Crippen LogP contribution in [0.3, 0.4) is 0 Å². The lowest BCUT2D eigenvalue weighted by molar-refractivity contribution is 0.560. The van der Waals surface area contributed by atoms with E-state index in [9.17, 15) is 4.79 Å². The van der Waals surface area contributed by atoms with Crippen molar-refractivity contribution in [2.75, 3.05) is 10.6 Å². The first-order valence-electron chi connectivity index (χ1n) is 7.61. The zero-order valence-corrected chi connectivity index (χ0v) is 14.6. The van der Waals surface area contributed by atoms with E-state index >= 15 is 0 Å². The highest BCUT2D eigenvalue weighted by molar-refractivity contribution is 7.80. The molecule has 0 bridgehead atoms. The van der Waals surface area contributed by atoms with E-state index in [1.54, 1.807) is 6.07 Å². The molecule has 3 rings (SSSR count). The van der Waals surface area contributed by atoms with E-state index in [4.69, 9.17) is 16.6 Å². The minimum absolute atomic E-state index is 0.354. The fourth-order valence-corrected chi connectivity index (χ4v) is 2.98. The van der Waals surface area contributed by atoms with Gasteiger partial charge in [-0.15, -0.1) is 0 Å². The SMILES string of the molecule is Cc1cc(C)cc(NC(=S)Nc2ccc3c(C)cc(=O)oc3c2)c1. The summed E-state index contributed by atoms with van der Waals surface area (Å²) in [6.45, 7) is 5.98. The highest BCUT2D eigenvalue weighted by Gasteiger charge is 2.05. The van der Waals surface area contributed by atoms with Crippen LogP contribution >= 0.6 is 12.2 Å². The van der Waals surface area contributed by atoms with E-state index in [1.807, 2.05) is 45.0 Å². The number of anilines is 2. The Morgan fingerprint density at radius 1 is 0.917 bits per heavy atom. The number of hydrogen-bond acceptors (Lipinski definition) is 3. The summed E-state index contributed by atoms with van der Waals surface area (Å²) in [6.07, 6.45) is 0. The average Bonchev–Trinajstić information content (AvgIpc) is 2.45. The minimum atomic E-state index is -0.354. The molecule has 0 amide bonds. The normalized spacial score (nSPS) is 10.6. The molecule has 0 unspecified atom stereocenters. The molecule has 0 aliphatic rings. The molecule has 0 saturated heterocycles. The summed E-state index contributed by atoms with van der Waals surface area (Å²) in [5, 5.41) is 7.68. The van der Waals surface area contributed by atoms with Crippen LogP contribution in [0.1, 0.15) is 16.7 Å². The van der Waals surface area contributed by atoms with Crippen molar-refractivity contribution in [3.05, 3.63) is 69.6 Å². The summed E-state index contributed by atoms with van der Waals surface area (Å²) in [5.74, 6) is 0. The Balaban J connectivity index is 1.81. The van der Waals surface area contributed by atoms with E-state index < -0.39 is 0 Å². The van der Waals surface area contributed by atoms with Gasteiger partial charge in [0, 0.05) is 28.9 Å². The van der Waals surface area contributed by atoms with E-state index in [0.717, 1.165) is 22.3 Å². The molecule has 0 fully saturated rings. The van der Waals surface area contributed by atoms with Crippen molar-refractivity contribution in [2.45, 2.75) is 20.8 Å². The van der Waals surface area contributed by atoms with Gasteiger partial charge in [0.2, 0.25) is 0 Å². The molecule has 2 N–H and O–H groups in total. The van der Waals surface area contributed by atoms with Gasteiger partial charge in [0.25, 0.3) is 0 Å². The average molecular weight is 338 g/mol. The fraction of sp³-hybridized carbons (Fsp3) is 0.158. The van der Waals surface area contributed by atoms with Gasteiger partial charge in [-0.3, -0.25) is 0 Å². The summed E-state index contributed by atoms with van der Waals surface area (Å²) >= 11 is 5.36. The van der Waals surface area contributed by atoms with E-state index in [-0.39, 0.29) is 5.63 Å². The number of rotatable bonds is 2.